The molecule has 0 bridgehead atoms. The molecule has 63 heavy (non-hydrogen) atoms. The lowest BCUT2D eigenvalue weighted by atomic mass is 10.1. The Kier molecular flexibility index (Phi) is 13.9. The molecule has 0 saturated carbocycles. The van der Waals surface area contributed by atoms with Crippen molar-refractivity contribution in [3.8, 4) is 0 Å². The number of hydrogen-bond donors (Lipinski definition) is 7. The van der Waals surface area contributed by atoms with Crippen LogP contribution in [0.25, 0.3) is 12.2 Å². The molecule has 1 aromatic heterocycles. The van der Waals surface area contributed by atoms with Crippen molar-refractivity contribution < 1.29 is 35.4 Å². The molecular formula is C41H44N12O8S2. The first-order valence-corrected chi connectivity index (χ1v) is 22.3. The van der Waals surface area contributed by atoms with Crippen LogP contribution in [0.4, 0.5) is 40.6 Å². The molecule has 22 heteroatoms. The third kappa shape index (κ3) is 12.3. The van der Waals surface area contributed by atoms with Gasteiger partial charge in [-0.3, -0.25) is 9.11 Å². The van der Waals surface area contributed by atoms with E-state index in [9.17, 15) is 25.9 Å². The highest BCUT2D eigenvalue weighted by Gasteiger charge is 2.21. The largest absolute Gasteiger partial charge is 0.378 e. The number of nitrogens with zero attached hydrogens (tertiary/aromatic N) is 7. The minimum Gasteiger partial charge on any atom is -0.378 e. The summed E-state index contributed by atoms with van der Waals surface area (Å²) < 4.78 is 82.6. The molecule has 8 N–H and O–H groups in total. The third-order valence-corrected chi connectivity index (χ3v) is 11.2. The molecule has 4 aromatic carbocycles. The second kappa shape index (κ2) is 19.8. The first kappa shape index (κ1) is 44.1. The van der Waals surface area contributed by atoms with E-state index in [1.54, 1.807) is 4.90 Å². The maximum Gasteiger partial charge on any atom is 0.295 e. The van der Waals surface area contributed by atoms with Crippen molar-refractivity contribution >= 4 is 84.9 Å². The number of para-hydroxylation sites is 2. The highest BCUT2D eigenvalue weighted by Crippen LogP contribution is 2.28. The predicted octanol–water partition coefficient (Wildman–Crippen LogP) is 4.86. The van der Waals surface area contributed by atoms with Crippen molar-refractivity contribution in [3.05, 3.63) is 121 Å². The molecule has 0 aliphatic carbocycles. The molecule has 2 saturated heterocycles. The summed E-state index contributed by atoms with van der Waals surface area (Å²) in [5, 5.41) is 12.2. The summed E-state index contributed by atoms with van der Waals surface area (Å²) in [7, 11) is -9.72. The van der Waals surface area contributed by atoms with Crippen LogP contribution in [0.2, 0.25) is 0 Å². The predicted molar refractivity (Wildman–Crippen MR) is 242 cm³/mol. The fourth-order valence-electron chi connectivity index (χ4n) is 6.31. The second-order valence-corrected chi connectivity index (χ2v) is 16.6. The number of ether oxygens (including phenoxy) is 2. The Bertz CT molecular complexity index is 2750. The number of hydrogen-bond acceptors (Lipinski definition) is 14. The van der Waals surface area contributed by atoms with Crippen LogP contribution in [0.5, 0.6) is 0 Å². The van der Waals surface area contributed by atoms with Gasteiger partial charge in [-0.2, -0.15) is 41.8 Å². The summed E-state index contributed by atoms with van der Waals surface area (Å²) in [5.41, 5.74) is 8.09. The SMILES string of the molecule is C=C(/N=C(\N=C(/N)N1CCOCC1)Nc1ccc(/C=C/c2ccc(Nc3nc(Nc4ccccc4)nc(N4CCOCC4)n3)cc2S(=O)(=O)O)c(S(=O)(=O)O)c1)Nc1ccccc1. The lowest BCUT2D eigenvalue weighted by molar-refractivity contribution is 0.0676. The number of aliphatic imine (C=N–C) groups is 2. The van der Waals surface area contributed by atoms with Crippen molar-refractivity contribution in [2.24, 2.45) is 15.7 Å². The van der Waals surface area contributed by atoms with Crippen LogP contribution < -0.4 is 31.9 Å². The van der Waals surface area contributed by atoms with Gasteiger partial charge in [0.1, 0.15) is 15.6 Å². The van der Waals surface area contributed by atoms with Crippen LogP contribution in [-0.2, 0) is 29.7 Å². The van der Waals surface area contributed by atoms with Gasteiger partial charge in [0.15, 0.2) is 5.96 Å². The van der Waals surface area contributed by atoms with E-state index in [1.807, 2.05) is 65.6 Å². The number of guanidine groups is 2. The van der Waals surface area contributed by atoms with E-state index in [-0.39, 0.29) is 52.1 Å². The van der Waals surface area contributed by atoms with Gasteiger partial charge in [-0.25, -0.2) is 0 Å². The fourth-order valence-corrected chi connectivity index (χ4v) is 7.73. The lowest BCUT2D eigenvalue weighted by Gasteiger charge is -2.27. The monoisotopic (exact) mass is 896 g/mol. The van der Waals surface area contributed by atoms with Gasteiger partial charge >= 0.3 is 0 Å². The molecule has 20 nitrogen and oxygen atoms in total. The molecule has 5 aromatic rings. The summed E-state index contributed by atoms with van der Waals surface area (Å²) in [6.07, 6.45) is 2.56. The Hall–Kier alpha value is -6.95. The molecule has 2 fully saturated rings. The van der Waals surface area contributed by atoms with Gasteiger partial charge in [0.2, 0.25) is 23.8 Å². The number of anilines is 7. The van der Waals surface area contributed by atoms with E-state index in [4.69, 9.17) is 15.2 Å². The minimum absolute atomic E-state index is 0.00519. The first-order chi connectivity index (χ1) is 30.3. The number of nitrogens with two attached hydrogens (primary N) is 1. The van der Waals surface area contributed by atoms with Gasteiger partial charge in [0.05, 0.1) is 26.4 Å². The van der Waals surface area contributed by atoms with E-state index in [0.29, 0.717) is 64.2 Å². The van der Waals surface area contributed by atoms with Crippen molar-refractivity contribution in [2.45, 2.75) is 9.79 Å². The van der Waals surface area contributed by atoms with Crippen LogP contribution >= 0.6 is 0 Å². The Morgan fingerprint density at radius 2 is 1.16 bits per heavy atom. The number of aromatic nitrogens is 3. The number of rotatable bonds is 13. The van der Waals surface area contributed by atoms with Gasteiger partial charge < -0.3 is 46.3 Å². The zero-order chi connectivity index (χ0) is 44.4. The van der Waals surface area contributed by atoms with E-state index in [2.05, 4.69) is 52.8 Å². The van der Waals surface area contributed by atoms with Gasteiger partial charge in [-0.1, -0.05) is 67.3 Å². The average Bonchev–Trinajstić information content (AvgIpc) is 3.26. The van der Waals surface area contributed by atoms with Crippen molar-refractivity contribution in [3.63, 3.8) is 0 Å². The molecular weight excluding hydrogens is 853 g/mol. The lowest BCUT2D eigenvalue weighted by Crippen LogP contribution is -2.45. The van der Waals surface area contributed by atoms with E-state index in [0.717, 1.165) is 11.8 Å². The van der Waals surface area contributed by atoms with Crippen LogP contribution in [-0.4, -0.2) is 110 Å². The Labute approximate surface area is 363 Å². The molecule has 0 unspecified atom stereocenters. The van der Waals surface area contributed by atoms with Crippen LogP contribution in [0.1, 0.15) is 11.1 Å². The summed E-state index contributed by atoms with van der Waals surface area (Å²) in [6, 6.07) is 26.5. The highest BCUT2D eigenvalue weighted by atomic mass is 32.2. The van der Waals surface area contributed by atoms with Crippen LogP contribution in [0, 0.1) is 0 Å². The minimum atomic E-state index is -4.87. The number of nitrogens with one attached hydrogen (secondary N) is 4. The van der Waals surface area contributed by atoms with Gasteiger partial charge in [0, 0.05) is 48.9 Å². The summed E-state index contributed by atoms with van der Waals surface area (Å²) >= 11 is 0. The molecule has 3 heterocycles. The number of morpholine rings is 2. The maximum absolute atomic E-state index is 12.8. The summed E-state index contributed by atoms with van der Waals surface area (Å²) in [4.78, 5) is 25.2. The Balaban J connectivity index is 1.16. The van der Waals surface area contributed by atoms with E-state index >= 15 is 0 Å². The smallest absolute Gasteiger partial charge is 0.295 e. The molecule has 328 valence electrons. The molecule has 0 spiro atoms. The van der Waals surface area contributed by atoms with E-state index in [1.165, 1.54) is 42.5 Å². The molecule has 7 rings (SSSR count). The van der Waals surface area contributed by atoms with Gasteiger partial charge in [-0.15, -0.1) is 0 Å². The van der Waals surface area contributed by atoms with Crippen molar-refractivity contribution in [1.82, 2.24) is 19.9 Å². The Morgan fingerprint density at radius 1 is 0.651 bits per heavy atom. The molecule has 0 radical (unpaired) electrons. The van der Waals surface area contributed by atoms with Crippen LogP contribution in [0.3, 0.4) is 0 Å². The maximum atomic E-state index is 12.8. The first-order valence-electron chi connectivity index (χ1n) is 19.4. The van der Waals surface area contributed by atoms with Crippen LogP contribution in [0.15, 0.2) is 129 Å². The van der Waals surface area contributed by atoms with Crippen molar-refractivity contribution in [2.75, 3.05) is 78.8 Å². The second-order valence-electron chi connectivity index (χ2n) is 13.9. The van der Waals surface area contributed by atoms with Gasteiger partial charge in [0.25, 0.3) is 20.2 Å². The normalized spacial score (nSPS) is 15.3. The fraction of sp³-hybridized carbons (Fsp3) is 0.195. The van der Waals surface area contributed by atoms with Crippen molar-refractivity contribution in [1.29, 1.82) is 0 Å². The zero-order valence-corrected chi connectivity index (χ0v) is 35.3. The molecule has 0 amide bonds. The number of benzene rings is 4. The van der Waals surface area contributed by atoms with Gasteiger partial charge in [-0.05, 0) is 59.7 Å². The standard InChI is InChI=1S/C41H44N12O8S2/c1-28(43-31-8-4-2-5-9-31)44-38(48-37(42)52-18-22-60-23-19-52)46-33-16-14-29(35(26-33)62(54,55)56)12-13-30-15-17-34(27-36(30)63(57,58)59)47-40-49-39(45-32-10-6-3-7-11-32)50-41(51-40)53-20-24-61-25-21-53/h2-17,26-27,43H,1,18-25H2,(H,54,55,56)(H,57,58,59)(H3,42,44,46,48)(H2,45,47,49,50,51)/b13-12+. The molecule has 0 atom stereocenters. The highest BCUT2D eigenvalue weighted by molar-refractivity contribution is 7.86. The summed E-state index contributed by atoms with van der Waals surface area (Å²) in [5.74, 6) is 0.923. The topological polar surface area (TPSA) is 271 Å². The summed E-state index contributed by atoms with van der Waals surface area (Å²) in [6.45, 7) is 7.87. The molecule has 2 aliphatic rings. The zero-order valence-electron chi connectivity index (χ0n) is 33.6. The quantitative estimate of drug-likeness (QED) is 0.0360. The Morgan fingerprint density at radius 3 is 1.73 bits per heavy atom. The molecule has 2 aliphatic heterocycles. The third-order valence-electron chi connectivity index (χ3n) is 9.34. The van der Waals surface area contributed by atoms with E-state index < -0.39 is 30.0 Å². The average molecular weight is 897 g/mol.